The molecule has 0 heterocycles. The van der Waals surface area contributed by atoms with Crippen molar-refractivity contribution in [3.8, 4) is 0 Å². The van der Waals surface area contributed by atoms with Gasteiger partial charge in [0.25, 0.3) is 0 Å². The van der Waals surface area contributed by atoms with Crippen LogP contribution in [0.5, 0.6) is 0 Å². The first-order chi connectivity index (χ1) is 3.48. The Kier molecular flexibility index (Phi) is 2.72. The van der Waals surface area contributed by atoms with Crippen LogP contribution in [0.2, 0.25) is 0 Å². The lowest BCUT2D eigenvalue weighted by atomic mass is 10.6. The summed E-state index contributed by atoms with van der Waals surface area (Å²) in [6.45, 7) is 0. The third-order valence-corrected chi connectivity index (χ3v) is 0.913. The van der Waals surface area contributed by atoms with Crippen molar-refractivity contribution >= 4 is 22.6 Å². The quantitative estimate of drug-likeness (QED) is 0.451. The van der Waals surface area contributed by atoms with E-state index < -0.39 is 12.0 Å². The topological polar surface area (TPSA) is 0 Å². The number of allylic oxidation sites excluding steroid dienone is 1. The van der Waals surface area contributed by atoms with E-state index in [0.717, 1.165) is 0 Å². The predicted octanol–water partition coefficient (Wildman–Crippen LogP) is 2.79. The fraction of sp³-hybridized carbons (Fsp3) is 0.333. The largest absolute Gasteiger partial charge is 0.443 e. The SMILES string of the molecule is F/C(=C\I)C(F)(F)F. The maximum absolute atomic E-state index is 11.4. The molecule has 0 amide bonds. The third kappa shape index (κ3) is 2.49. The van der Waals surface area contributed by atoms with Gasteiger partial charge in [0.15, 0.2) is 0 Å². The highest BCUT2D eigenvalue weighted by molar-refractivity contribution is 14.1. The Hall–Kier alpha value is 0.190. The van der Waals surface area contributed by atoms with E-state index in [1.807, 2.05) is 0 Å². The van der Waals surface area contributed by atoms with Crippen molar-refractivity contribution in [3.05, 3.63) is 9.91 Å². The molecule has 0 aliphatic rings. The Bertz CT molecular complexity index is 102. The second-order valence-corrected chi connectivity index (χ2v) is 1.58. The van der Waals surface area contributed by atoms with Crippen LogP contribution in [0.1, 0.15) is 0 Å². The van der Waals surface area contributed by atoms with Crippen LogP contribution in [-0.4, -0.2) is 6.18 Å². The highest BCUT2D eigenvalue weighted by Gasteiger charge is 2.33. The summed E-state index contributed by atoms with van der Waals surface area (Å²) in [5.74, 6) is -2.06. The Labute approximate surface area is 56.7 Å². The van der Waals surface area contributed by atoms with E-state index in [1.165, 1.54) is 22.6 Å². The van der Waals surface area contributed by atoms with Gasteiger partial charge in [-0.05, 0) is 22.6 Å². The number of hydrogen-bond donors (Lipinski definition) is 0. The molecule has 0 saturated heterocycles. The first-order valence-corrected chi connectivity index (χ1v) is 2.76. The molecule has 0 spiro atoms. The molecule has 0 radical (unpaired) electrons. The number of alkyl halides is 3. The van der Waals surface area contributed by atoms with Crippen molar-refractivity contribution in [1.82, 2.24) is 0 Å². The van der Waals surface area contributed by atoms with Gasteiger partial charge in [0.1, 0.15) is 0 Å². The molecule has 0 aromatic heterocycles. The monoisotopic (exact) mass is 240 g/mol. The highest BCUT2D eigenvalue weighted by atomic mass is 127. The number of rotatable bonds is 0. The van der Waals surface area contributed by atoms with Crippen LogP contribution in [-0.2, 0) is 0 Å². The van der Waals surface area contributed by atoms with Crippen molar-refractivity contribution in [2.24, 2.45) is 0 Å². The molecule has 0 bridgehead atoms. The van der Waals surface area contributed by atoms with E-state index in [1.54, 1.807) is 0 Å². The molecule has 0 rings (SSSR count). The molecule has 0 atom stereocenters. The maximum atomic E-state index is 11.4. The third-order valence-electron chi connectivity index (χ3n) is 0.367. The summed E-state index contributed by atoms with van der Waals surface area (Å²) in [6, 6.07) is 0. The van der Waals surface area contributed by atoms with Crippen molar-refractivity contribution in [2.75, 3.05) is 0 Å². The zero-order valence-corrected chi connectivity index (χ0v) is 5.62. The minimum atomic E-state index is -4.80. The van der Waals surface area contributed by atoms with E-state index in [9.17, 15) is 17.6 Å². The lowest BCUT2D eigenvalue weighted by Gasteiger charge is -1.98. The molecule has 5 heteroatoms. The Morgan fingerprint density at radius 1 is 1.38 bits per heavy atom. The molecule has 8 heavy (non-hydrogen) atoms. The summed E-state index contributed by atoms with van der Waals surface area (Å²) in [5, 5.41) is 0. The first kappa shape index (κ1) is 8.19. The molecule has 0 aromatic rings. The molecular formula is C3HF4I. The molecule has 0 aliphatic heterocycles. The lowest BCUT2D eigenvalue weighted by molar-refractivity contribution is -0.108. The molecule has 0 fully saturated rings. The minimum Gasteiger partial charge on any atom is -0.201 e. The van der Waals surface area contributed by atoms with Gasteiger partial charge in [0, 0.05) is 4.08 Å². The molecule has 0 aliphatic carbocycles. The van der Waals surface area contributed by atoms with Gasteiger partial charge in [0.2, 0.25) is 5.83 Å². The Morgan fingerprint density at radius 2 is 1.75 bits per heavy atom. The second kappa shape index (κ2) is 2.65. The summed E-state index contributed by atoms with van der Waals surface area (Å²) in [5.41, 5.74) is 0. The van der Waals surface area contributed by atoms with Crippen LogP contribution in [0.15, 0.2) is 9.91 Å². The normalized spacial score (nSPS) is 14.4. The fourth-order valence-electron chi connectivity index (χ4n) is 0.0619. The molecule has 0 saturated carbocycles. The van der Waals surface area contributed by atoms with Crippen molar-refractivity contribution in [1.29, 1.82) is 0 Å². The van der Waals surface area contributed by atoms with Gasteiger partial charge in [-0.3, -0.25) is 0 Å². The molecule has 0 unspecified atom stereocenters. The summed E-state index contributed by atoms with van der Waals surface area (Å²) in [4.78, 5) is 0. The van der Waals surface area contributed by atoms with Gasteiger partial charge in [0.05, 0.1) is 0 Å². The Balaban J connectivity index is 4.03. The molecule has 0 N–H and O–H groups in total. The van der Waals surface area contributed by atoms with Crippen LogP contribution < -0.4 is 0 Å². The maximum Gasteiger partial charge on any atom is 0.443 e. The summed E-state index contributed by atoms with van der Waals surface area (Å²) in [7, 11) is 0. The average Bonchev–Trinajstić information content (AvgIpc) is 1.62. The van der Waals surface area contributed by atoms with Gasteiger partial charge in [-0.1, -0.05) is 0 Å². The molecule has 48 valence electrons. The number of hydrogen-bond acceptors (Lipinski definition) is 0. The van der Waals surface area contributed by atoms with E-state index in [-0.39, 0.29) is 0 Å². The predicted molar refractivity (Wildman–Crippen MR) is 29.3 cm³/mol. The molecule has 0 nitrogen and oxygen atoms in total. The number of halogens is 5. The van der Waals surface area contributed by atoms with Crippen LogP contribution >= 0.6 is 22.6 Å². The smallest absolute Gasteiger partial charge is 0.201 e. The second-order valence-electron chi connectivity index (χ2n) is 0.955. The highest BCUT2D eigenvalue weighted by Crippen LogP contribution is 2.26. The standard InChI is InChI=1S/C3HF4I/c4-2(1-8)3(5,6)7/h1H/b2-1-. The van der Waals surface area contributed by atoms with Gasteiger partial charge in [-0.15, -0.1) is 0 Å². The van der Waals surface area contributed by atoms with Crippen LogP contribution in [0.4, 0.5) is 17.6 Å². The van der Waals surface area contributed by atoms with E-state index in [0.29, 0.717) is 4.08 Å². The lowest BCUT2D eigenvalue weighted by Crippen LogP contribution is -2.06. The molecular weight excluding hydrogens is 239 g/mol. The summed E-state index contributed by atoms with van der Waals surface area (Å²) < 4.78 is 44.7. The molecule has 0 aromatic carbocycles. The van der Waals surface area contributed by atoms with Crippen LogP contribution in [0, 0.1) is 0 Å². The van der Waals surface area contributed by atoms with E-state index in [2.05, 4.69) is 0 Å². The van der Waals surface area contributed by atoms with Gasteiger partial charge in [-0.2, -0.15) is 13.2 Å². The average molecular weight is 240 g/mol. The fourth-order valence-corrected chi connectivity index (χ4v) is 0.415. The van der Waals surface area contributed by atoms with Crippen molar-refractivity contribution in [3.63, 3.8) is 0 Å². The Morgan fingerprint density at radius 3 is 1.75 bits per heavy atom. The minimum absolute atomic E-state index is 0.345. The van der Waals surface area contributed by atoms with Crippen molar-refractivity contribution < 1.29 is 17.6 Å². The summed E-state index contributed by atoms with van der Waals surface area (Å²) >= 11 is 1.18. The van der Waals surface area contributed by atoms with Gasteiger partial charge in [-0.25, -0.2) is 4.39 Å². The van der Waals surface area contributed by atoms with E-state index >= 15 is 0 Å². The van der Waals surface area contributed by atoms with Gasteiger partial charge < -0.3 is 0 Å². The first-order valence-electron chi connectivity index (χ1n) is 1.51. The van der Waals surface area contributed by atoms with Crippen molar-refractivity contribution in [2.45, 2.75) is 6.18 Å². The zero-order chi connectivity index (χ0) is 6.78. The van der Waals surface area contributed by atoms with Gasteiger partial charge >= 0.3 is 6.18 Å². The van der Waals surface area contributed by atoms with E-state index in [4.69, 9.17) is 0 Å². The van der Waals surface area contributed by atoms with Crippen LogP contribution in [0.3, 0.4) is 0 Å². The summed E-state index contributed by atoms with van der Waals surface area (Å²) in [6.07, 6.45) is -4.80. The van der Waals surface area contributed by atoms with Crippen LogP contribution in [0.25, 0.3) is 0 Å². The zero-order valence-electron chi connectivity index (χ0n) is 3.47.